The summed E-state index contributed by atoms with van der Waals surface area (Å²) in [5.74, 6) is 0.230. The maximum Gasteiger partial charge on any atom is 0.408 e. The molecule has 0 saturated carbocycles. The summed E-state index contributed by atoms with van der Waals surface area (Å²) < 4.78 is 16.1. The average Bonchev–Trinajstić information content (AvgIpc) is 2.66. The van der Waals surface area contributed by atoms with Crippen molar-refractivity contribution in [2.24, 2.45) is 0 Å². The topological polar surface area (TPSA) is 73.9 Å². The van der Waals surface area contributed by atoms with Crippen molar-refractivity contribution in [2.75, 3.05) is 6.61 Å². The largest absolute Gasteiger partial charge is 0.489 e. The van der Waals surface area contributed by atoms with E-state index in [1.54, 1.807) is 27.7 Å². The molecule has 1 N–H and O–H groups in total. The molecule has 0 aliphatic heterocycles. The van der Waals surface area contributed by atoms with Gasteiger partial charge in [-0.1, -0.05) is 42.5 Å². The predicted octanol–water partition coefficient (Wildman–Crippen LogP) is 4.26. The van der Waals surface area contributed by atoms with Crippen molar-refractivity contribution < 1.29 is 23.8 Å². The number of benzene rings is 2. The van der Waals surface area contributed by atoms with Gasteiger partial charge in [-0.3, -0.25) is 0 Å². The fraction of sp³-hybridized carbons (Fsp3) is 0.391. The van der Waals surface area contributed by atoms with Crippen molar-refractivity contribution in [3.8, 4) is 5.75 Å². The molecule has 0 saturated heterocycles. The summed E-state index contributed by atoms with van der Waals surface area (Å²) in [4.78, 5) is 24.3. The number of alkyl carbamates (subject to hydrolysis) is 1. The number of esters is 1. The zero-order valence-corrected chi connectivity index (χ0v) is 17.4. The average molecular weight is 399 g/mol. The van der Waals surface area contributed by atoms with Crippen molar-refractivity contribution >= 4 is 12.1 Å². The fourth-order valence-corrected chi connectivity index (χ4v) is 2.58. The second-order valence-corrected chi connectivity index (χ2v) is 7.57. The third-order valence-corrected chi connectivity index (χ3v) is 3.87. The standard InChI is InChI=1S/C23H29NO5/c1-5-27-21(25)20(24-22(26)29-23(2,3)4)15-17-11-13-19(14-12-17)28-16-18-9-7-6-8-10-18/h6-14,20H,5,15-16H2,1-4H3,(H,24,26)/t20-/m0/s1. The molecule has 0 bridgehead atoms. The van der Waals surface area contributed by atoms with Crippen LogP contribution in [-0.4, -0.2) is 30.3 Å². The summed E-state index contributed by atoms with van der Waals surface area (Å²) in [6.45, 7) is 7.73. The van der Waals surface area contributed by atoms with Crippen LogP contribution in [-0.2, 0) is 27.3 Å². The second-order valence-electron chi connectivity index (χ2n) is 7.57. The van der Waals surface area contributed by atoms with Crippen LogP contribution in [0.15, 0.2) is 54.6 Å². The van der Waals surface area contributed by atoms with E-state index in [9.17, 15) is 9.59 Å². The summed E-state index contributed by atoms with van der Waals surface area (Å²) in [7, 11) is 0. The summed E-state index contributed by atoms with van der Waals surface area (Å²) in [5.41, 5.74) is 1.30. The van der Waals surface area contributed by atoms with Gasteiger partial charge in [0, 0.05) is 6.42 Å². The number of amides is 1. The highest BCUT2D eigenvalue weighted by Crippen LogP contribution is 2.16. The smallest absolute Gasteiger partial charge is 0.408 e. The lowest BCUT2D eigenvalue weighted by molar-refractivity contribution is -0.145. The Bertz CT molecular complexity index is 781. The highest BCUT2D eigenvalue weighted by molar-refractivity contribution is 5.81. The van der Waals surface area contributed by atoms with E-state index in [1.165, 1.54) is 0 Å². The lowest BCUT2D eigenvalue weighted by Crippen LogP contribution is -2.45. The zero-order valence-electron chi connectivity index (χ0n) is 17.4. The molecule has 6 nitrogen and oxygen atoms in total. The van der Waals surface area contributed by atoms with E-state index in [4.69, 9.17) is 14.2 Å². The number of hydrogen-bond donors (Lipinski definition) is 1. The minimum Gasteiger partial charge on any atom is -0.489 e. The van der Waals surface area contributed by atoms with Gasteiger partial charge in [0.1, 0.15) is 24.0 Å². The molecule has 156 valence electrons. The van der Waals surface area contributed by atoms with Crippen LogP contribution in [0, 0.1) is 0 Å². The summed E-state index contributed by atoms with van der Waals surface area (Å²) in [6, 6.07) is 16.5. The molecule has 0 unspecified atom stereocenters. The van der Waals surface area contributed by atoms with Crippen LogP contribution < -0.4 is 10.1 Å². The Hall–Kier alpha value is -3.02. The Morgan fingerprint density at radius 3 is 2.21 bits per heavy atom. The van der Waals surface area contributed by atoms with Crippen molar-refractivity contribution in [1.82, 2.24) is 5.32 Å². The third-order valence-electron chi connectivity index (χ3n) is 3.87. The molecule has 0 heterocycles. The normalized spacial score (nSPS) is 12.0. The van der Waals surface area contributed by atoms with E-state index in [1.807, 2.05) is 54.6 Å². The van der Waals surface area contributed by atoms with Crippen LogP contribution in [0.3, 0.4) is 0 Å². The molecule has 0 fully saturated rings. The Morgan fingerprint density at radius 1 is 0.966 bits per heavy atom. The third kappa shape index (κ3) is 8.25. The number of carbonyl (C=O) groups is 2. The predicted molar refractivity (Wildman–Crippen MR) is 111 cm³/mol. The van der Waals surface area contributed by atoms with E-state index >= 15 is 0 Å². The van der Waals surface area contributed by atoms with E-state index in [0.29, 0.717) is 6.61 Å². The van der Waals surface area contributed by atoms with Gasteiger partial charge in [0.15, 0.2) is 0 Å². The van der Waals surface area contributed by atoms with Crippen molar-refractivity contribution in [3.63, 3.8) is 0 Å². The van der Waals surface area contributed by atoms with Crippen molar-refractivity contribution in [2.45, 2.75) is 52.4 Å². The van der Waals surface area contributed by atoms with Gasteiger partial charge < -0.3 is 19.5 Å². The molecular formula is C23H29NO5. The van der Waals surface area contributed by atoms with Crippen LogP contribution in [0.4, 0.5) is 4.79 Å². The first-order chi connectivity index (χ1) is 13.8. The molecular weight excluding hydrogens is 370 g/mol. The quantitative estimate of drug-likeness (QED) is 0.671. The van der Waals surface area contributed by atoms with Crippen LogP contribution in [0.1, 0.15) is 38.8 Å². The summed E-state index contributed by atoms with van der Waals surface area (Å²) in [5, 5.41) is 2.60. The first kappa shape index (κ1) is 22.3. The molecule has 0 spiro atoms. The van der Waals surface area contributed by atoms with E-state index in [2.05, 4.69) is 5.32 Å². The number of hydrogen-bond acceptors (Lipinski definition) is 5. The maximum absolute atomic E-state index is 12.3. The van der Waals surface area contributed by atoms with Crippen LogP contribution in [0.2, 0.25) is 0 Å². The van der Waals surface area contributed by atoms with E-state index < -0.39 is 23.7 Å². The highest BCUT2D eigenvalue weighted by atomic mass is 16.6. The SMILES string of the molecule is CCOC(=O)[C@H](Cc1ccc(OCc2ccccc2)cc1)NC(=O)OC(C)(C)C. The molecule has 29 heavy (non-hydrogen) atoms. The Kier molecular flexibility index (Phi) is 8.07. The molecule has 1 atom stereocenters. The Morgan fingerprint density at radius 2 is 1.62 bits per heavy atom. The molecule has 1 amide bonds. The highest BCUT2D eigenvalue weighted by Gasteiger charge is 2.25. The van der Waals surface area contributed by atoms with Gasteiger partial charge in [-0.25, -0.2) is 9.59 Å². The number of ether oxygens (including phenoxy) is 3. The fourth-order valence-electron chi connectivity index (χ4n) is 2.58. The van der Waals surface area contributed by atoms with Crippen molar-refractivity contribution in [1.29, 1.82) is 0 Å². The number of nitrogens with one attached hydrogen (secondary N) is 1. The minimum atomic E-state index is -0.833. The molecule has 0 aliphatic rings. The van der Waals surface area contributed by atoms with Crippen LogP contribution in [0.5, 0.6) is 5.75 Å². The number of rotatable bonds is 8. The van der Waals surface area contributed by atoms with Crippen LogP contribution in [0.25, 0.3) is 0 Å². The van der Waals surface area contributed by atoms with Gasteiger partial charge in [0.05, 0.1) is 6.61 Å². The molecule has 2 rings (SSSR count). The van der Waals surface area contributed by atoms with E-state index in [-0.39, 0.29) is 13.0 Å². The van der Waals surface area contributed by atoms with Gasteiger partial charge in [0.25, 0.3) is 0 Å². The minimum absolute atomic E-state index is 0.234. The summed E-state index contributed by atoms with van der Waals surface area (Å²) >= 11 is 0. The Labute approximate surface area is 172 Å². The van der Waals surface area contributed by atoms with Crippen LogP contribution >= 0.6 is 0 Å². The lowest BCUT2D eigenvalue weighted by Gasteiger charge is -2.23. The van der Waals surface area contributed by atoms with Gasteiger partial charge >= 0.3 is 12.1 Å². The number of carbonyl (C=O) groups excluding carboxylic acids is 2. The Balaban J connectivity index is 1.98. The molecule has 2 aromatic carbocycles. The monoisotopic (exact) mass is 399 g/mol. The van der Waals surface area contributed by atoms with Gasteiger partial charge in [-0.15, -0.1) is 0 Å². The van der Waals surface area contributed by atoms with Gasteiger partial charge in [-0.05, 0) is 51.0 Å². The second kappa shape index (κ2) is 10.5. The molecule has 0 aliphatic carbocycles. The van der Waals surface area contributed by atoms with Gasteiger partial charge in [-0.2, -0.15) is 0 Å². The molecule has 6 heteroatoms. The summed E-state index contributed by atoms with van der Waals surface area (Å²) in [6.07, 6.45) is -0.366. The maximum atomic E-state index is 12.3. The first-order valence-corrected chi connectivity index (χ1v) is 9.68. The first-order valence-electron chi connectivity index (χ1n) is 9.68. The molecule has 2 aromatic rings. The van der Waals surface area contributed by atoms with Crippen molar-refractivity contribution in [3.05, 3.63) is 65.7 Å². The molecule has 0 radical (unpaired) electrons. The van der Waals surface area contributed by atoms with Gasteiger partial charge in [0.2, 0.25) is 0 Å². The lowest BCUT2D eigenvalue weighted by atomic mass is 10.1. The zero-order chi connectivity index (χ0) is 21.3. The molecule has 0 aromatic heterocycles. The van der Waals surface area contributed by atoms with E-state index in [0.717, 1.165) is 16.9 Å².